The van der Waals surface area contributed by atoms with Crippen molar-refractivity contribution in [1.29, 1.82) is 0 Å². The molecule has 2 heterocycles. The van der Waals surface area contributed by atoms with Crippen LogP contribution in [0.5, 0.6) is 0 Å². The Morgan fingerprint density at radius 2 is 1.69 bits per heavy atom. The molecule has 2 aromatic carbocycles. The van der Waals surface area contributed by atoms with Gasteiger partial charge in [-0.25, -0.2) is 18.0 Å². The molecule has 1 amide bonds. The molecule has 0 unspecified atom stereocenters. The van der Waals surface area contributed by atoms with Gasteiger partial charge in [-0.2, -0.15) is 0 Å². The fourth-order valence-electron chi connectivity index (χ4n) is 6.30. The lowest BCUT2D eigenvalue weighted by atomic mass is 9.83. The molecule has 5 rings (SSSR count). The average molecular weight is 590 g/mol. The molecule has 0 spiro atoms. The van der Waals surface area contributed by atoms with Gasteiger partial charge in [0.05, 0.1) is 0 Å². The summed E-state index contributed by atoms with van der Waals surface area (Å²) in [4.78, 5) is 27.7. The standard InChI is InChI=1S/C18H24FNO2.C14H18F2N2O2/c19-16-8-4-7-14(11-16)15-9-10-20(12-15)17(18(21)22)13-5-2-1-3-6-13;1-18-6-4-11(5-7-18)20-14(19)17-9-10-2-3-12(15)13(16)8-10/h4,7-8,11,13,15,17H,1-3,5-6,9-10,12H2,(H,21,22);2-3,8,11H,4-7,9H2,1H3,(H,17,19)/t15-,17-;/m1./s1. The quantitative estimate of drug-likeness (QED) is 0.417. The number of hydrogen-bond donors (Lipinski definition) is 2. The van der Waals surface area contributed by atoms with Crippen LogP contribution in [0, 0.1) is 23.4 Å². The molecule has 7 nitrogen and oxygen atoms in total. The van der Waals surface area contributed by atoms with Crippen molar-refractivity contribution in [3.8, 4) is 0 Å². The lowest BCUT2D eigenvalue weighted by Crippen LogP contribution is -2.45. The molecular weight excluding hydrogens is 547 g/mol. The molecule has 0 bridgehead atoms. The lowest BCUT2D eigenvalue weighted by Gasteiger charge is -2.33. The van der Waals surface area contributed by atoms with E-state index >= 15 is 0 Å². The topological polar surface area (TPSA) is 82.1 Å². The lowest BCUT2D eigenvalue weighted by molar-refractivity contribution is -0.145. The fourth-order valence-corrected chi connectivity index (χ4v) is 6.30. The Morgan fingerprint density at radius 3 is 2.36 bits per heavy atom. The monoisotopic (exact) mass is 589 g/mol. The first-order valence-corrected chi connectivity index (χ1v) is 15.0. The first kappa shape index (κ1) is 31.8. The Hall–Kier alpha value is -3.11. The van der Waals surface area contributed by atoms with Crippen molar-refractivity contribution in [3.05, 3.63) is 71.0 Å². The number of carbonyl (C=O) groups is 2. The first-order chi connectivity index (χ1) is 20.2. The van der Waals surface area contributed by atoms with E-state index in [0.717, 1.165) is 88.8 Å². The van der Waals surface area contributed by atoms with Crippen LogP contribution in [0.1, 0.15) is 68.4 Å². The van der Waals surface area contributed by atoms with Gasteiger partial charge in [0.1, 0.15) is 18.0 Å². The zero-order chi connectivity index (χ0) is 30.1. The number of benzene rings is 2. The maximum absolute atomic E-state index is 13.4. The molecular formula is C32H42F3N3O4. The number of ether oxygens (including phenoxy) is 1. The maximum atomic E-state index is 13.4. The van der Waals surface area contributed by atoms with Crippen LogP contribution in [-0.4, -0.2) is 72.3 Å². The number of aliphatic carboxylic acids is 1. The van der Waals surface area contributed by atoms with Gasteiger partial charge in [-0.3, -0.25) is 9.69 Å². The molecule has 2 saturated heterocycles. The molecule has 0 aromatic heterocycles. The number of alkyl carbamates (subject to hydrolysis) is 1. The zero-order valence-corrected chi connectivity index (χ0v) is 24.2. The molecule has 42 heavy (non-hydrogen) atoms. The van der Waals surface area contributed by atoms with Crippen LogP contribution in [-0.2, 0) is 16.1 Å². The predicted octanol–water partition coefficient (Wildman–Crippen LogP) is 5.93. The summed E-state index contributed by atoms with van der Waals surface area (Å²) >= 11 is 0. The number of rotatable bonds is 7. The van der Waals surface area contributed by atoms with Gasteiger partial charge in [0.2, 0.25) is 0 Å². The minimum Gasteiger partial charge on any atom is -0.480 e. The van der Waals surface area contributed by atoms with Crippen molar-refractivity contribution in [2.24, 2.45) is 5.92 Å². The van der Waals surface area contributed by atoms with Crippen LogP contribution in [0.15, 0.2) is 42.5 Å². The number of hydrogen-bond acceptors (Lipinski definition) is 5. The minimum atomic E-state index is -0.923. The molecule has 0 radical (unpaired) electrons. The minimum absolute atomic E-state index is 0.0730. The van der Waals surface area contributed by atoms with Gasteiger partial charge in [0.25, 0.3) is 0 Å². The maximum Gasteiger partial charge on any atom is 0.407 e. The van der Waals surface area contributed by atoms with E-state index in [0.29, 0.717) is 5.56 Å². The van der Waals surface area contributed by atoms with Crippen LogP contribution in [0.4, 0.5) is 18.0 Å². The van der Waals surface area contributed by atoms with E-state index in [9.17, 15) is 27.9 Å². The number of carboxylic acids is 1. The zero-order valence-electron chi connectivity index (χ0n) is 24.2. The smallest absolute Gasteiger partial charge is 0.407 e. The molecule has 1 saturated carbocycles. The molecule has 2 aromatic rings. The van der Waals surface area contributed by atoms with Crippen molar-refractivity contribution < 1.29 is 32.6 Å². The summed E-state index contributed by atoms with van der Waals surface area (Å²) in [6.07, 6.45) is 7.53. The van der Waals surface area contributed by atoms with Crippen LogP contribution >= 0.6 is 0 Å². The highest BCUT2D eigenvalue weighted by atomic mass is 19.2. The number of halogens is 3. The number of carboxylic acid groups (broad SMARTS) is 1. The van der Waals surface area contributed by atoms with E-state index < -0.39 is 23.7 Å². The van der Waals surface area contributed by atoms with Gasteiger partial charge in [-0.1, -0.05) is 37.5 Å². The molecule has 3 aliphatic rings. The summed E-state index contributed by atoms with van der Waals surface area (Å²) in [5.41, 5.74) is 1.49. The Bertz CT molecular complexity index is 1190. The van der Waals surface area contributed by atoms with Gasteiger partial charge >= 0.3 is 12.1 Å². The number of carbonyl (C=O) groups excluding carboxylic acids is 1. The number of nitrogens with zero attached hydrogens (tertiary/aromatic N) is 2. The second kappa shape index (κ2) is 15.4. The Labute approximate surface area is 246 Å². The predicted molar refractivity (Wildman–Crippen MR) is 154 cm³/mol. The summed E-state index contributed by atoms with van der Waals surface area (Å²) in [6.45, 7) is 3.45. The molecule has 10 heteroatoms. The summed E-state index contributed by atoms with van der Waals surface area (Å²) in [5.74, 6) is -2.20. The van der Waals surface area contributed by atoms with E-state index in [1.807, 2.05) is 13.1 Å². The van der Waals surface area contributed by atoms with Crippen molar-refractivity contribution in [2.45, 2.75) is 76.0 Å². The van der Waals surface area contributed by atoms with Gasteiger partial charge in [-0.05, 0) is 92.9 Å². The third-order valence-corrected chi connectivity index (χ3v) is 8.64. The molecule has 2 N–H and O–H groups in total. The molecule has 3 fully saturated rings. The van der Waals surface area contributed by atoms with Crippen molar-refractivity contribution >= 4 is 12.1 Å². The first-order valence-electron chi connectivity index (χ1n) is 15.0. The highest BCUT2D eigenvalue weighted by Gasteiger charge is 2.38. The Morgan fingerprint density at radius 1 is 0.952 bits per heavy atom. The van der Waals surface area contributed by atoms with E-state index in [1.54, 1.807) is 12.1 Å². The molecule has 230 valence electrons. The second-order valence-electron chi connectivity index (χ2n) is 11.7. The van der Waals surface area contributed by atoms with Crippen LogP contribution in [0.2, 0.25) is 0 Å². The van der Waals surface area contributed by atoms with Crippen molar-refractivity contribution in [2.75, 3.05) is 33.2 Å². The van der Waals surface area contributed by atoms with Crippen LogP contribution < -0.4 is 5.32 Å². The number of nitrogens with one attached hydrogen (secondary N) is 1. The highest BCUT2D eigenvalue weighted by molar-refractivity contribution is 5.74. The van der Waals surface area contributed by atoms with E-state index in [2.05, 4.69) is 15.1 Å². The van der Waals surface area contributed by atoms with E-state index in [1.165, 1.54) is 18.6 Å². The Balaban J connectivity index is 0.000000194. The molecule has 1 aliphatic carbocycles. The van der Waals surface area contributed by atoms with Crippen molar-refractivity contribution in [3.63, 3.8) is 0 Å². The number of piperidine rings is 1. The third-order valence-electron chi connectivity index (χ3n) is 8.64. The highest BCUT2D eigenvalue weighted by Crippen LogP contribution is 2.35. The molecule has 2 aliphatic heterocycles. The number of amides is 1. The van der Waals surface area contributed by atoms with Gasteiger partial charge in [0, 0.05) is 26.2 Å². The average Bonchev–Trinajstić information content (AvgIpc) is 3.45. The van der Waals surface area contributed by atoms with Crippen LogP contribution in [0.25, 0.3) is 0 Å². The molecule has 2 atom stereocenters. The summed E-state index contributed by atoms with van der Waals surface area (Å²) in [5, 5.41) is 12.2. The van der Waals surface area contributed by atoms with E-state index in [-0.39, 0.29) is 36.3 Å². The number of likely N-dealkylation sites (tertiary alicyclic amines) is 2. The van der Waals surface area contributed by atoms with Gasteiger partial charge < -0.3 is 20.1 Å². The summed E-state index contributed by atoms with van der Waals surface area (Å²) in [6, 6.07) is 9.90. The van der Waals surface area contributed by atoms with Crippen molar-refractivity contribution in [1.82, 2.24) is 15.1 Å². The van der Waals surface area contributed by atoms with Crippen LogP contribution in [0.3, 0.4) is 0 Å². The third kappa shape index (κ3) is 9.19. The summed E-state index contributed by atoms with van der Waals surface area (Å²) < 4.78 is 44.4. The van der Waals surface area contributed by atoms with E-state index in [4.69, 9.17) is 4.74 Å². The van der Waals surface area contributed by atoms with Gasteiger partial charge in [0.15, 0.2) is 11.6 Å². The Kier molecular flexibility index (Phi) is 11.7. The SMILES string of the molecule is CN1CCC(OC(=O)NCc2ccc(F)c(F)c2)CC1.O=C(O)[C@@H](C1CCCCC1)N1CC[C@@H](c2cccc(F)c2)C1. The second-order valence-corrected chi connectivity index (χ2v) is 11.7. The van der Waals surface area contributed by atoms with Gasteiger partial charge in [-0.15, -0.1) is 0 Å². The normalized spacial score (nSPS) is 21.3. The largest absolute Gasteiger partial charge is 0.480 e. The summed E-state index contributed by atoms with van der Waals surface area (Å²) in [7, 11) is 2.03. The fraction of sp³-hybridized carbons (Fsp3) is 0.562.